The fraction of sp³-hybridized carbons (Fsp3) is 0.385. The second kappa shape index (κ2) is 9.70. The second-order valence-electron chi connectivity index (χ2n) is 9.36. The van der Waals surface area contributed by atoms with E-state index in [9.17, 15) is 9.90 Å². The molecule has 0 aliphatic carbocycles. The first-order chi connectivity index (χ1) is 17.9. The van der Waals surface area contributed by atoms with E-state index in [2.05, 4.69) is 9.97 Å². The van der Waals surface area contributed by atoms with Crippen LogP contribution in [0.2, 0.25) is 5.02 Å². The van der Waals surface area contributed by atoms with E-state index in [-0.39, 0.29) is 30.5 Å². The van der Waals surface area contributed by atoms with Crippen molar-refractivity contribution < 1.29 is 33.6 Å². The van der Waals surface area contributed by atoms with Gasteiger partial charge in [0, 0.05) is 18.7 Å². The molecule has 2 aromatic heterocycles. The van der Waals surface area contributed by atoms with Crippen LogP contribution in [0.1, 0.15) is 12.0 Å². The van der Waals surface area contributed by atoms with Gasteiger partial charge in [0.25, 0.3) is 0 Å². The van der Waals surface area contributed by atoms with E-state index in [1.54, 1.807) is 11.0 Å². The summed E-state index contributed by atoms with van der Waals surface area (Å²) in [6, 6.07) is 9.26. The number of hydrogen-bond acceptors (Lipinski definition) is 7. The number of aliphatic hydroxyl groups is 2. The number of rotatable bonds is 5. The van der Waals surface area contributed by atoms with Gasteiger partial charge >= 0.3 is 0 Å². The third-order valence-electron chi connectivity index (χ3n) is 7.11. The van der Waals surface area contributed by atoms with Gasteiger partial charge in [-0.3, -0.25) is 4.79 Å². The predicted octanol–water partition coefficient (Wildman–Crippen LogP) is 2.54. The Kier molecular flexibility index (Phi) is 6.37. The van der Waals surface area contributed by atoms with Crippen LogP contribution in [0, 0.1) is 5.82 Å². The lowest BCUT2D eigenvalue weighted by molar-refractivity contribution is -0.133. The normalized spacial score (nSPS) is 25.4. The van der Waals surface area contributed by atoms with Crippen LogP contribution in [0.4, 0.5) is 4.39 Å². The molecule has 194 valence electrons. The number of fused-ring (bicyclic) bond motifs is 2. The largest absolute Gasteiger partial charge is 0.468 e. The maximum atomic E-state index is 15.3. The number of benzene rings is 1. The molecule has 37 heavy (non-hydrogen) atoms. The highest BCUT2D eigenvalue weighted by Crippen LogP contribution is 2.36. The first-order valence-electron chi connectivity index (χ1n) is 12.1. The summed E-state index contributed by atoms with van der Waals surface area (Å²) in [5.74, 6) is -0.997. The van der Waals surface area contributed by atoms with Gasteiger partial charge in [-0.2, -0.15) is 4.39 Å². The zero-order valence-corrected chi connectivity index (χ0v) is 20.4. The molecule has 3 N–H and O–H groups in total. The van der Waals surface area contributed by atoms with Gasteiger partial charge in [-0.25, -0.2) is 4.98 Å². The molecule has 0 unspecified atom stereocenters. The summed E-state index contributed by atoms with van der Waals surface area (Å²) in [5.41, 5.74) is 3.79. The SMILES string of the molecule is O=C(CO)N1CC=C(c2ccc(-c3nc4c(F)c(O[C@@H]5CO[C@H]6[C@@H]5OC[C@H]6O)[nH]c4cc3Cl)cc2)CC1. The molecule has 4 atom stereocenters. The number of amides is 1. The van der Waals surface area contributed by atoms with Crippen molar-refractivity contribution in [1.82, 2.24) is 14.9 Å². The van der Waals surface area contributed by atoms with Gasteiger partial charge in [-0.05, 0) is 23.6 Å². The molecular formula is C26H25ClFN3O6. The minimum absolute atomic E-state index is 0.0803. The van der Waals surface area contributed by atoms with E-state index in [4.69, 9.17) is 30.9 Å². The standard InChI is InChI=1S/C26H25ClFN3O6/c27-16-9-17-23(21(28)26(29-17)37-19-12-36-24-18(33)11-35-25(19)24)30-22(16)15-3-1-13(2-4-15)14-5-7-31(8-6-14)20(34)10-32/h1-5,9,18-19,24-25,29,32-33H,6-8,10-12H2/t18-,19-,24-,25-/m1/s1. The van der Waals surface area contributed by atoms with Crippen LogP contribution >= 0.6 is 11.6 Å². The summed E-state index contributed by atoms with van der Waals surface area (Å²) in [7, 11) is 0. The summed E-state index contributed by atoms with van der Waals surface area (Å²) in [5, 5.41) is 19.3. The average Bonchev–Trinajstić information content (AvgIpc) is 3.59. The van der Waals surface area contributed by atoms with Crippen molar-refractivity contribution in [3.63, 3.8) is 0 Å². The Morgan fingerprint density at radius 1 is 1.22 bits per heavy atom. The zero-order chi connectivity index (χ0) is 25.7. The molecule has 3 aliphatic rings. The fourth-order valence-corrected chi connectivity index (χ4v) is 5.38. The Balaban J connectivity index is 1.22. The number of aliphatic hydroxyl groups excluding tert-OH is 2. The first-order valence-corrected chi connectivity index (χ1v) is 12.4. The topological polar surface area (TPSA) is 117 Å². The van der Waals surface area contributed by atoms with Crippen molar-refractivity contribution in [1.29, 1.82) is 0 Å². The average molecular weight is 530 g/mol. The van der Waals surface area contributed by atoms with E-state index >= 15 is 4.39 Å². The zero-order valence-electron chi connectivity index (χ0n) is 19.7. The molecule has 0 saturated carbocycles. The van der Waals surface area contributed by atoms with Crippen LogP contribution in [0.5, 0.6) is 5.88 Å². The number of nitrogens with one attached hydrogen (secondary N) is 1. The second-order valence-corrected chi connectivity index (χ2v) is 9.76. The van der Waals surface area contributed by atoms with Crippen LogP contribution < -0.4 is 4.74 Å². The van der Waals surface area contributed by atoms with Crippen molar-refractivity contribution >= 4 is 34.1 Å². The molecule has 1 amide bonds. The highest BCUT2D eigenvalue weighted by molar-refractivity contribution is 6.33. The van der Waals surface area contributed by atoms with Gasteiger partial charge in [0.1, 0.15) is 30.4 Å². The smallest absolute Gasteiger partial charge is 0.248 e. The van der Waals surface area contributed by atoms with Crippen LogP contribution in [0.15, 0.2) is 36.4 Å². The van der Waals surface area contributed by atoms with Gasteiger partial charge in [-0.1, -0.05) is 41.9 Å². The van der Waals surface area contributed by atoms with Gasteiger partial charge in [0.05, 0.1) is 29.4 Å². The molecule has 2 fully saturated rings. The van der Waals surface area contributed by atoms with E-state index in [0.717, 1.165) is 16.7 Å². The van der Waals surface area contributed by atoms with Crippen molar-refractivity contribution in [2.45, 2.75) is 30.8 Å². The summed E-state index contributed by atoms with van der Waals surface area (Å²) < 4.78 is 32.2. The number of aromatic amines is 1. The van der Waals surface area contributed by atoms with Crippen molar-refractivity contribution in [2.24, 2.45) is 0 Å². The van der Waals surface area contributed by atoms with Gasteiger partial charge in [0.2, 0.25) is 17.6 Å². The third-order valence-corrected chi connectivity index (χ3v) is 7.40. The molecule has 11 heteroatoms. The summed E-state index contributed by atoms with van der Waals surface area (Å²) >= 11 is 6.52. The Bertz CT molecular complexity index is 1380. The number of hydrogen-bond donors (Lipinski definition) is 3. The van der Waals surface area contributed by atoms with Gasteiger partial charge in [-0.15, -0.1) is 0 Å². The molecule has 5 heterocycles. The fourth-order valence-electron chi connectivity index (χ4n) is 5.12. The van der Waals surface area contributed by atoms with Crippen molar-refractivity contribution in [3.8, 4) is 17.1 Å². The van der Waals surface area contributed by atoms with Gasteiger partial charge < -0.3 is 34.3 Å². The molecule has 9 nitrogen and oxygen atoms in total. The number of H-pyrrole nitrogens is 1. The van der Waals surface area contributed by atoms with Crippen molar-refractivity contribution in [3.05, 3.63) is 52.8 Å². The third kappa shape index (κ3) is 4.38. The highest BCUT2D eigenvalue weighted by Gasteiger charge is 2.48. The summed E-state index contributed by atoms with van der Waals surface area (Å²) in [6.07, 6.45) is 0.435. The maximum absolute atomic E-state index is 15.3. The Hall–Kier alpha value is -3.02. The lowest BCUT2D eigenvalue weighted by Gasteiger charge is -2.26. The number of carbonyl (C=O) groups is 1. The van der Waals surface area contributed by atoms with E-state index in [0.29, 0.717) is 35.7 Å². The number of aromatic nitrogens is 2. The summed E-state index contributed by atoms with van der Waals surface area (Å²) in [6.45, 7) is 0.857. The number of halogens is 2. The van der Waals surface area contributed by atoms with Crippen molar-refractivity contribution in [2.75, 3.05) is 32.9 Å². The van der Waals surface area contributed by atoms with Crippen LogP contribution in [-0.4, -0.2) is 88.3 Å². The first kappa shape index (κ1) is 24.3. The predicted molar refractivity (Wildman–Crippen MR) is 133 cm³/mol. The number of carbonyl (C=O) groups excluding carboxylic acids is 1. The molecule has 2 saturated heterocycles. The molecule has 0 bridgehead atoms. The minimum atomic E-state index is -0.722. The molecule has 1 aromatic carbocycles. The number of nitrogens with zero attached hydrogens (tertiary/aromatic N) is 2. The number of ether oxygens (including phenoxy) is 3. The van der Waals surface area contributed by atoms with E-state index in [1.165, 1.54) is 0 Å². The lowest BCUT2D eigenvalue weighted by atomic mass is 9.97. The van der Waals surface area contributed by atoms with Gasteiger partial charge in [0.15, 0.2) is 6.10 Å². The van der Waals surface area contributed by atoms with E-state index in [1.807, 2.05) is 30.3 Å². The Morgan fingerprint density at radius 3 is 2.70 bits per heavy atom. The molecule has 6 rings (SSSR count). The Morgan fingerprint density at radius 2 is 1.97 bits per heavy atom. The monoisotopic (exact) mass is 529 g/mol. The molecule has 0 spiro atoms. The van der Waals surface area contributed by atoms with Crippen LogP contribution in [-0.2, 0) is 14.3 Å². The van der Waals surface area contributed by atoms with E-state index < -0.39 is 36.8 Å². The summed E-state index contributed by atoms with van der Waals surface area (Å²) in [4.78, 5) is 20.7. The molecule has 3 aromatic rings. The quantitative estimate of drug-likeness (QED) is 0.465. The maximum Gasteiger partial charge on any atom is 0.248 e. The lowest BCUT2D eigenvalue weighted by Crippen LogP contribution is -2.36. The van der Waals surface area contributed by atoms with Crippen LogP contribution in [0.3, 0.4) is 0 Å². The van der Waals surface area contributed by atoms with Crippen LogP contribution in [0.25, 0.3) is 27.9 Å². The minimum Gasteiger partial charge on any atom is -0.468 e. The molecule has 0 radical (unpaired) electrons. The Labute approximate surface area is 216 Å². The number of pyridine rings is 1. The highest BCUT2D eigenvalue weighted by atomic mass is 35.5. The molecular weight excluding hydrogens is 505 g/mol. The molecule has 3 aliphatic heterocycles.